The second kappa shape index (κ2) is 6.75. The number of nitrogens with one attached hydrogen (secondary N) is 2. The van der Waals surface area contributed by atoms with Crippen LogP contribution in [0.25, 0.3) is 0 Å². The maximum atomic E-state index is 12.1. The van der Waals surface area contributed by atoms with Crippen LogP contribution < -0.4 is 16.4 Å². The van der Waals surface area contributed by atoms with Crippen molar-refractivity contribution >= 4 is 11.6 Å². The third kappa shape index (κ3) is 3.97. The molecule has 0 saturated carbocycles. The van der Waals surface area contributed by atoms with E-state index in [2.05, 4.69) is 24.5 Å². The van der Waals surface area contributed by atoms with Crippen molar-refractivity contribution in [1.82, 2.24) is 5.32 Å². The van der Waals surface area contributed by atoms with Crippen molar-refractivity contribution in [2.24, 2.45) is 11.7 Å². The summed E-state index contributed by atoms with van der Waals surface area (Å²) < 4.78 is 0. The van der Waals surface area contributed by atoms with Gasteiger partial charge in [0.1, 0.15) is 0 Å². The summed E-state index contributed by atoms with van der Waals surface area (Å²) in [4.78, 5) is 12.1. The summed E-state index contributed by atoms with van der Waals surface area (Å²) in [6, 6.07) is 6.08. The van der Waals surface area contributed by atoms with Crippen LogP contribution in [0, 0.1) is 19.8 Å². The van der Waals surface area contributed by atoms with Crippen LogP contribution in [0.1, 0.15) is 31.9 Å². The molecular weight excluding hydrogens is 250 g/mol. The molecule has 0 fully saturated rings. The smallest absolute Gasteiger partial charge is 0.239 e. The molecule has 4 N–H and O–H groups in total. The lowest BCUT2D eigenvalue weighted by atomic mass is 9.88. The van der Waals surface area contributed by atoms with E-state index in [0.29, 0.717) is 6.54 Å². The average molecular weight is 277 g/mol. The van der Waals surface area contributed by atoms with Crippen LogP contribution in [0.15, 0.2) is 18.2 Å². The summed E-state index contributed by atoms with van der Waals surface area (Å²) in [6.07, 6.45) is 0. The van der Waals surface area contributed by atoms with E-state index in [0.717, 1.165) is 16.8 Å². The Balaban J connectivity index is 2.64. The number of benzene rings is 1. The number of hydrogen-bond acceptors (Lipinski definition) is 3. The first-order chi connectivity index (χ1) is 9.30. The first-order valence-corrected chi connectivity index (χ1v) is 7.11. The number of aryl methyl sites for hydroxylation is 2. The lowest BCUT2D eigenvalue weighted by molar-refractivity contribution is -0.121. The van der Waals surface area contributed by atoms with Gasteiger partial charge in [0.05, 0.1) is 12.1 Å². The summed E-state index contributed by atoms with van der Waals surface area (Å²) in [5, 5.41) is 6.24. The van der Waals surface area contributed by atoms with E-state index in [1.807, 2.05) is 39.0 Å². The van der Waals surface area contributed by atoms with Crippen molar-refractivity contribution in [3.05, 3.63) is 29.3 Å². The van der Waals surface area contributed by atoms with Gasteiger partial charge in [0.2, 0.25) is 5.91 Å². The van der Waals surface area contributed by atoms with Crippen molar-refractivity contribution in [1.29, 1.82) is 0 Å². The minimum Gasteiger partial charge on any atom is -0.376 e. The fraction of sp³-hybridized carbons (Fsp3) is 0.562. The van der Waals surface area contributed by atoms with E-state index in [1.54, 1.807) is 0 Å². The van der Waals surface area contributed by atoms with E-state index in [1.165, 1.54) is 0 Å². The molecule has 0 aliphatic heterocycles. The molecule has 0 aromatic heterocycles. The highest BCUT2D eigenvalue weighted by molar-refractivity contribution is 5.82. The first-order valence-electron chi connectivity index (χ1n) is 7.11. The second-order valence-corrected chi connectivity index (χ2v) is 5.94. The summed E-state index contributed by atoms with van der Waals surface area (Å²) in [5.41, 5.74) is 8.73. The molecule has 0 aliphatic rings. The fourth-order valence-electron chi connectivity index (χ4n) is 2.06. The van der Waals surface area contributed by atoms with Crippen LogP contribution >= 0.6 is 0 Å². The third-order valence-electron chi connectivity index (χ3n) is 4.03. The van der Waals surface area contributed by atoms with Gasteiger partial charge in [0, 0.05) is 12.2 Å². The minimum absolute atomic E-state index is 0.0331. The maximum absolute atomic E-state index is 12.1. The molecule has 0 aliphatic carbocycles. The van der Waals surface area contributed by atoms with Crippen LogP contribution in [-0.4, -0.2) is 24.5 Å². The lowest BCUT2D eigenvalue weighted by Crippen LogP contribution is -2.56. The number of anilines is 1. The molecule has 1 unspecified atom stereocenters. The van der Waals surface area contributed by atoms with Gasteiger partial charge in [-0.3, -0.25) is 4.79 Å². The van der Waals surface area contributed by atoms with Crippen molar-refractivity contribution < 1.29 is 4.79 Å². The van der Waals surface area contributed by atoms with Gasteiger partial charge >= 0.3 is 0 Å². The topological polar surface area (TPSA) is 67.2 Å². The molecule has 20 heavy (non-hydrogen) atoms. The molecule has 0 saturated heterocycles. The van der Waals surface area contributed by atoms with Gasteiger partial charge in [-0.15, -0.1) is 0 Å². The summed E-state index contributed by atoms with van der Waals surface area (Å²) >= 11 is 0. The molecule has 4 heteroatoms. The Morgan fingerprint density at radius 3 is 2.30 bits per heavy atom. The molecule has 1 aromatic carbocycles. The van der Waals surface area contributed by atoms with Crippen molar-refractivity contribution in [2.75, 3.05) is 18.4 Å². The summed E-state index contributed by atoms with van der Waals surface area (Å²) in [5.74, 6) is 0.256. The minimum atomic E-state index is -0.362. The standard InChI is InChI=1S/C16H27N3O/c1-11(2)16(5,10-17)19-14(20)9-18-15-12(3)7-6-8-13(15)4/h6-8,11,18H,9-10,17H2,1-5H3,(H,19,20). The van der Waals surface area contributed by atoms with Gasteiger partial charge in [0.15, 0.2) is 0 Å². The zero-order valence-electron chi connectivity index (χ0n) is 13.2. The first kappa shape index (κ1) is 16.5. The normalized spacial score (nSPS) is 13.9. The highest BCUT2D eigenvalue weighted by Gasteiger charge is 2.28. The molecule has 0 radical (unpaired) electrons. The maximum Gasteiger partial charge on any atom is 0.239 e. The summed E-state index contributed by atoms with van der Waals surface area (Å²) in [6.45, 7) is 10.9. The van der Waals surface area contributed by atoms with Crippen LogP contribution in [0.3, 0.4) is 0 Å². The lowest BCUT2D eigenvalue weighted by Gasteiger charge is -2.33. The monoisotopic (exact) mass is 277 g/mol. The number of nitrogens with two attached hydrogens (primary N) is 1. The van der Waals surface area contributed by atoms with Crippen molar-refractivity contribution in [3.63, 3.8) is 0 Å². The molecule has 1 atom stereocenters. The summed E-state index contributed by atoms with van der Waals surface area (Å²) in [7, 11) is 0. The van der Waals surface area contributed by atoms with Crippen LogP contribution in [0.4, 0.5) is 5.69 Å². The van der Waals surface area contributed by atoms with Crippen molar-refractivity contribution in [3.8, 4) is 0 Å². The quantitative estimate of drug-likeness (QED) is 0.747. The van der Waals surface area contributed by atoms with Crippen LogP contribution in [0.2, 0.25) is 0 Å². The van der Waals surface area contributed by atoms with E-state index in [9.17, 15) is 4.79 Å². The Bertz CT molecular complexity index is 451. The van der Waals surface area contributed by atoms with E-state index in [-0.39, 0.29) is 23.9 Å². The fourth-order valence-corrected chi connectivity index (χ4v) is 2.06. The number of amides is 1. The largest absolute Gasteiger partial charge is 0.376 e. The van der Waals surface area contributed by atoms with Gasteiger partial charge in [-0.2, -0.15) is 0 Å². The average Bonchev–Trinajstić information content (AvgIpc) is 2.37. The molecule has 4 nitrogen and oxygen atoms in total. The number of hydrogen-bond donors (Lipinski definition) is 3. The molecular formula is C16H27N3O. The van der Waals surface area contributed by atoms with Gasteiger partial charge in [-0.25, -0.2) is 0 Å². The van der Waals surface area contributed by atoms with Crippen LogP contribution in [-0.2, 0) is 4.79 Å². The number of carbonyl (C=O) groups is 1. The predicted octanol–water partition coefficient (Wildman–Crippen LogP) is 2.20. The SMILES string of the molecule is Cc1cccc(C)c1NCC(=O)NC(C)(CN)C(C)C. The Labute approximate surface area is 122 Å². The Kier molecular flexibility index (Phi) is 5.57. The predicted molar refractivity (Wildman–Crippen MR) is 84.8 cm³/mol. The Morgan fingerprint density at radius 1 is 1.30 bits per heavy atom. The van der Waals surface area contributed by atoms with E-state index in [4.69, 9.17) is 5.73 Å². The highest BCUT2D eigenvalue weighted by atomic mass is 16.2. The number of rotatable bonds is 6. The Morgan fingerprint density at radius 2 is 1.85 bits per heavy atom. The molecule has 1 rings (SSSR count). The molecule has 1 aromatic rings. The second-order valence-electron chi connectivity index (χ2n) is 5.94. The third-order valence-corrected chi connectivity index (χ3v) is 4.03. The highest BCUT2D eigenvalue weighted by Crippen LogP contribution is 2.19. The molecule has 0 heterocycles. The van der Waals surface area contributed by atoms with E-state index >= 15 is 0 Å². The Hall–Kier alpha value is -1.55. The molecule has 1 amide bonds. The van der Waals surface area contributed by atoms with Gasteiger partial charge in [0.25, 0.3) is 0 Å². The van der Waals surface area contributed by atoms with Crippen molar-refractivity contribution in [2.45, 2.75) is 40.2 Å². The molecule has 112 valence electrons. The molecule has 0 spiro atoms. The van der Waals surface area contributed by atoms with Gasteiger partial charge in [-0.05, 0) is 37.8 Å². The molecule has 0 bridgehead atoms. The zero-order valence-corrected chi connectivity index (χ0v) is 13.2. The number of para-hydroxylation sites is 1. The van der Waals surface area contributed by atoms with Crippen LogP contribution in [0.5, 0.6) is 0 Å². The zero-order chi connectivity index (χ0) is 15.3. The van der Waals surface area contributed by atoms with Gasteiger partial charge < -0.3 is 16.4 Å². The number of carbonyl (C=O) groups excluding carboxylic acids is 1. The van der Waals surface area contributed by atoms with E-state index < -0.39 is 0 Å². The van der Waals surface area contributed by atoms with Gasteiger partial charge in [-0.1, -0.05) is 32.0 Å².